The standard InChI is InChI=1S/C17H22Cl2N2O.ClH/c18-14-7-6-11(10-15(14)19)16-5-2-8-21(16)17(22)12-3-1-4-13(20)9-12;/h6-7,10,12-13,16H,1-5,8-9,20H2;1H. The first-order chi connectivity index (χ1) is 10.6. The number of rotatable bonds is 2. The number of likely N-dealkylation sites (tertiary alicyclic amines) is 1. The molecule has 0 aromatic heterocycles. The summed E-state index contributed by atoms with van der Waals surface area (Å²) in [5, 5.41) is 1.11. The highest BCUT2D eigenvalue weighted by molar-refractivity contribution is 6.42. The van der Waals surface area contributed by atoms with E-state index in [1.807, 2.05) is 23.1 Å². The molecule has 1 aliphatic carbocycles. The van der Waals surface area contributed by atoms with Gasteiger partial charge in [0, 0.05) is 18.5 Å². The highest BCUT2D eigenvalue weighted by atomic mass is 35.5. The summed E-state index contributed by atoms with van der Waals surface area (Å²) in [6.45, 7) is 0.829. The van der Waals surface area contributed by atoms with Gasteiger partial charge in [-0.25, -0.2) is 0 Å². The van der Waals surface area contributed by atoms with E-state index in [1.165, 1.54) is 0 Å². The lowest BCUT2D eigenvalue weighted by atomic mass is 9.85. The Morgan fingerprint density at radius 3 is 2.61 bits per heavy atom. The maximum absolute atomic E-state index is 12.9. The maximum atomic E-state index is 12.9. The molecule has 128 valence electrons. The van der Waals surface area contributed by atoms with Crippen molar-refractivity contribution in [1.82, 2.24) is 4.90 Å². The topological polar surface area (TPSA) is 46.3 Å². The van der Waals surface area contributed by atoms with Gasteiger partial charge in [0.1, 0.15) is 0 Å². The first-order valence-electron chi connectivity index (χ1n) is 8.07. The second-order valence-electron chi connectivity index (χ2n) is 6.49. The van der Waals surface area contributed by atoms with Crippen LogP contribution in [0.5, 0.6) is 0 Å². The van der Waals surface area contributed by atoms with Crippen molar-refractivity contribution in [3.8, 4) is 0 Å². The number of amides is 1. The van der Waals surface area contributed by atoms with E-state index in [2.05, 4.69) is 0 Å². The predicted octanol–water partition coefficient (Wildman–Crippen LogP) is 4.60. The highest BCUT2D eigenvalue weighted by Crippen LogP contribution is 2.37. The van der Waals surface area contributed by atoms with Crippen LogP contribution in [0.15, 0.2) is 18.2 Å². The summed E-state index contributed by atoms with van der Waals surface area (Å²) in [6.07, 6.45) is 5.92. The molecular formula is C17H23Cl3N2O. The molecule has 1 amide bonds. The zero-order valence-corrected chi connectivity index (χ0v) is 15.3. The molecule has 1 saturated heterocycles. The molecule has 0 spiro atoms. The van der Waals surface area contributed by atoms with E-state index in [-0.39, 0.29) is 36.3 Å². The number of nitrogens with two attached hydrogens (primary N) is 1. The summed E-state index contributed by atoms with van der Waals surface area (Å²) in [4.78, 5) is 14.9. The molecule has 2 fully saturated rings. The lowest BCUT2D eigenvalue weighted by Crippen LogP contribution is -2.40. The van der Waals surface area contributed by atoms with Crippen LogP contribution in [0.25, 0.3) is 0 Å². The molecule has 0 bridgehead atoms. The van der Waals surface area contributed by atoms with Crippen LogP contribution in [-0.4, -0.2) is 23.4 Å². The molecular weight excluding hydrogens is 355 g/mol. The van der Waals surface area contributed by atoms with E-state index in [0.717, 1.165) is 50.6 Å². The minimum absolute atomic E-state index is 0. The molecule has 1 saturated carbocycles. The van der Waals surface area contributed by atoms with Gasteiger partial charge < -0.3 is 10.6 Å². The fraction of sp³-hybridized carbons (Fsp3) is 0.588. The van der Waals surface area contributed by atoms with Crippen molar-refractivity contribution in [2.45, 2.75) is 50.6 Å². The minimum Gasteiger partial charge on any atom is -0.335 e. The van der Waals surface area contributed by atoms with Crippen LogP contribution in [-0.2, 0) is 4.79 Å². The van der Waals surface area contributed by atoms with Crippen molar-refractivity contribution >= 4 is 41.5 Å². The van der Waals surface area contributed by atoms with E-state index < -0.39 is 0 Å². The van der Waals surface area contributed by atoms with Crippen molar-refractivity contribution in [3.63, 3.8) is 0 Å². The van der Waals surface area contributed by atoms with Gasteiger partial charge in [0.05, 0.1) is 16.1 Å². The van der Waals surface area contributed by atoms with Gasteiger partial charge >= 0.3 is 0 Å². The second-order valence-corrected chi connectivity index (χ2v) is 7.30. The fourth-order valence-corrected chi connectivity index (χ4v) is 4.09. The minimum atomic E-state index is 0. The van der Waals surface area contributed by atoms with Crippen molar-refractivity contribution < 1.29 is 4.79 Å². The number of benzene rings is 1. The largest absolute Gasteiger partial charge is 0.335 e. The van der Waals surface area contributed by atoms with Crippen LogP contribution in [0.4, 0.5) is 0 Å². The zero-order valence-electron chi connectivity index (χ0n) is 13.0. The van der Waals surface area contributed by atoms with Crippen LogP contribution >= 0.6 is 35.6 Å². The number of hydrogen-bond donors (Lipinski definition) is 1. The molecule has 3 nitrogen and oxygen atoms in total. The first-order valence-corrected chi connectivity index (χ1v) is 8.83. The molecule has 23 heavy (non-hydrogen) atoms. The lowest BCUT2D eigenvalue weighted by molar-refractivity contribution is -0.137. The molecule has 2 N–H and O–H groups in total. The summed E-state index contributed by atoms with van der Waals surface area (Å²) in [6, 6.07) is 6.00. The molecule has 3 unspecified atom stereocenters. The van der Waals surface area contributed by atoms with Gasteiger partial charge in [-0.3, -0.25) is 4.79 Å². The number of nitrogens with zero attached hydrogens (tertiary/aromatic N) is 1. The van der Waals surface area contributed by atoms with Crippen LogP contribution in [0, 0.1) is 5.92 Å². The van der Waals surface area contributed by atoms with E-state index in [9.17, 15) is 4.79 Å². The summed E-state index contributed by atoms with van der Waals surface area (Å²) >= 11 is 12.1. The Bertz CT molecular complexity index is 567. The van der Waals surface area contributed by atoms with Gasteiger partial charge in [0.25, 0.3) is 0 Å². The summed E-state index contributed by atoms with van der Waals surface area (Å²) < 4.78 is 0. The molecule has 1 heterocycles. The van der Waals surface area contributed by atoms with Gasteiger partial charge in [-0.2, -0.15) is 0 Å². The predicted molar refractivity (Wildman–Crippen MR) is 97.3 cm³/mol. The maximum Gasteiger partial charge on any atom is 0.226 e. The average molecular weight is 378 g/mol. The van der Waals surface area contributed by atoms with Crippen LogP contribution in [0.3, 0.4) is 0 Å². The Hall–Kier alpha value is -0.480. The van der Waals surface area contributed by atoms with Gasteiger partial charge in [0.15, 0.2) is 0 Å². The first kappa shape index (κ1) is 18.9. The molecule has 1 aromatic carbocycles. The lowest BCUT2D eigenvalue weighted by Gasteiger charge is -2.32. The number of carbonyl (C=O) groups is 1. The van der Waals surface area contributed by atoms with Gasteiger partial charge in [-0.1, -0.05) is 35.7 Å². The highest BCUT2D eigenvalue weighted by Gasteiger charge is 2.35. The van der Waals surface area contributed by atoms with Crippen LogP contribution in [0.2, 0.25) is 10.0 Å². The smallest absolute Gasteiger partial charge is 0.226 e. The normalized spacial score (nSPS) is 27.6. The third-order valence-corrected chi connectivity index (χ3v) is 5.67. The van der Waals surface area contributed by atoms with Crippen molar-refractivity contribution in [1.29, 1.82) is 0 Å². The third-order valence-electron chi connectivity index (χ3n) is 4.93. The Labute approximate surface area is 153 Å². The molecule has 1 aromatic rings. The van der Waals surface area contributed by atoms with Gasteiger partial charge in [-0.05, 0) is 49.8 Å². The average Bonchev–Trinajstić information content (AvgIpc) is 2.98. The second kappa shape index (κ2) is 8.06. The summed E-state index contributed by atoms with van der Waals surface area (Å²) in [5.74, 6) is 0.357. The Balaban J connectivity index is 0.00000192. The molecule has 1 aliphatic heterocycles. The summed E-state index contributed by atoms with van der Waals surface area (Å²) in [7, 11) is 0. The van der Waals surface area contributed by atoms with Crippen LogP contribution < -0.4 is 5.73 Å². The Kier molecular flexibility index (Phi) is 6.61. The molecule has 3 rings (SSSR count). The number of carbonyl (C=O) groups excluding carboxylic acids is 1. The molecule has 0 radical (unpaired) electrons. The monoisotopic (exact) mass is 376 g/mol. The SMILES string of the molecule is Cl.NC1CCCC(C(=O)N2CCCC2c2ccc(Cl)c(Cl)c2)C1. The number of halogens is 3. The Morgan fingerprint density at radius 2 is 1.91 bits per heavy atom. The van der Waals surface area contributed by atoms with E-state index in [4.69, 9.17) is 28.9 Å². The Morgan fingerprint density at radius 1 is 1.13 bits per heavy atom. The molecule has 3 atom stereocenters. The third kappa shape index (κ3) is 4.14. The van der Waals surface area contributed by atoms with Crippen molar-refractivity contribution in [3.05, 3.63) is 33.8 Å². The van der Waals surface area contributed by atoms with Gasteiger partial charge in [0.2, 0.25) is 5.91 Å². The van der Waals surface area contributed by atoms with E-state index >= 15 is 0 Å². The zero-order chi connectivity index (χ0) is 15.7. The summed E-state index contributed by atoms with van der Waals surface area (Å²) in [5.41, 5.74) is 7.12. The molecule has 6 heteroatoms. The van der Waals surface area contributed by atoms with Crippen molar-refractivity contribution in [2.75, 3.05) is 6.54 Å². The molecule has 2 aliphatic rings. The fourth-order valence-electron chi connectivity index (χ4n) is 3.78. The quantitative estimate of drug-likeness (QED) is 0.819. The van der Waals surface area contributed by atoms with Gasteiger partial charge in [-0.15, -0.1) is 12.4 Å². The van der Waals surface area contributed by atoms with Crippen LogP contribution in [0.1, 0.15) is 50.1 Å². The van der Waals surface area contributed by atoms with E-state index in [1.54, 1.807) is 0 Å². The van der Waals surface area contributed by atoms with E-state index in [0.29, 0.717) is 10.0 Å². The van der Waals surface area contributed by atoms with Crippen molar-refractivity contribution in [2.24, 2.45) is 11.7 Å². The number of hydrogen-bond acceptors (Lipinski definition) is 2.